The second kappa shape index (κ2) is 7.65. The summed E-state index contributed by atoms with van der Waals surface area (Å²) in [5.74, 6) is 0.750. The number of hydrogen-bond donors (Lipinski definition) is 0. The number of fused-ring (bicyclic) bond motifs is 3. The Morgan fingerprint density at radius 1 is 1.03 bits per heavy atom. The Morgan fingerprint density at radius 2 is 1.91 bits per heavy atom. The highest BCUT2D eigenvalue weighted by Crippen LogP contribution is 2.52. The van der Waals surface area contributed by atoms with E-state index < -0.39 is 5.41 Å². The molecule has 3 aromatic carbocycles. The van der Waals surface area contributed by atoms with E-state index in [0.717, 1.165) is 34.2 Å². The van der Waals surface area contributed by atoms with Gasteiger partial charge >= 0.3 is 5.97 Å². The molecule has 0 bridgehead atoms. The summed E-state index contributed by atoms with van der Waals surface area (Å²) < 4.78 is 12.9. The molecule has 1 aliphatic carbocycles. The van der Waals surface area contributed by atoms with Crippen LogP contribution in [0.25, 0.3) is 43.1 Å². The van der Waals surface area contributed by atoms with Gasteiger partial charge in [0.25, 0.3) is 0 Å². The summed E-state index contributed by atoms with van der Waals surface area (Å²) in [6.07, 6.45) is 2.23. The highest BCUT2D eigenvalue weighted by Gasteiger charge is 2.55. The average Bonchev–Trinajstić information content (AvgIpc) is 3.62. The van der Waals surface area contributed by atoms with Gasteiger partial charge in [0, 0.05) is 21.1 Å². The molecule has 35 heavy (non-hydrogen) atoms. The molecule has 1 saturated carbocycles. The Bertz CT molecular complexity index is 1630. The van der Waals surface area contributed by atoms with Crippen molar-refractivity contribution >= 4 is 38.5 Å². The topological polar surface area (TPSA) is 52.3 Å². The number of ether oxygens (including phenoxy) is 1. The fourth-order valence-electron chi connectivity index (χ4n) is 5.74. The standard InChI is InChI=1S/C30H23NO3S/c1-18-11-23-17-33-29(32)30(23,15-18)16-19-7-10-24-25(12-19)34-28(31-24)22-9-8-21-13-26(35-27(21)14-22)20-5-3-2-4-6-20/h2-10,12-14,23H,1,11,15-17H2. The van der Waals surface area contributed by atoms with Gasteiger partial charge in [-0.25, -0.2) is 4.98 Å². The predicted octanol–water partition coefficient (Wildman–Crippen LogP) is 7.43. The quantitative estimate of drug-likeness (QED) is 0.199. The van der Waals surface area contributed by atoms with Crippen LogP contribution < -0.4 is 0 Å². The highest BCUT2D eigenvalue weighted by molar-refractivity contribution is 7.22. The molecular formula is C30H23NO3S. The maximum atomic E-state index is 12.7. The summed E-state index contributed by atoms with van der Waals surface area (Å²) in [5, 5.41) is 1.21. The minimum Gasteiger partial charge on any atom is -0.465 e. The normalized spacial score (nSPS) is 21.7. The number of cyclic esters (lactones) is 1. The Hall–Kier alpha value is -3.70. The third-order valence-corrected chi connectivity index (χ3v) is 8.65. The number of allylic oxidation sites excluding steroid dienone is 1. The Balaban J connectivity index is 1.21. The van der Waals surface area contributed by atoms with Gasteiger partial charge in [-0.05, 0) is 66.1 Å². The van der Waals surface area contributed by atoms with Crippen LogP contribution in [0.4, 0.5) is 0 Å². The van der Waals surface area contributed by atoms with Crippen molar-refractivity contribution in [3.63, 3.8) is 0 Å². The van der Waals surface area contributed by atoms with Crippen LogP contribution in [-0.4, -0.2) is 17.6 Å². The van der Waals surface area contributed by atoms with Crippen molar-refractivity contribution < 1.29 is 13.9 Å². The average molecular weight is 478 g/mol. The molecule has 2 fully saturated rings. The molecule has 0 radical (unpaired) electrons. The van der Waals surface area contributed by atoms with Crippen LogP contribution in [-0.2, 0) is 16.0 Å². The molecule has 5 aromatic rings. The largest absolute Gasteiger partial charge is 0.465 e. The molecule has 2 unspecified atom stereocenters. The van der Waals surface area contributed by atoms with Crippen molar-refractivity contribution in [2.45, 2.75) is 19.3 Å². The molecule has 172 valence electrons. The van der Waals surface area contributed by atoms with Gasteiger partial charge in [0.05, 0.1) is 12.0 Å². The summed E-state index contributed by atoms with van der Waals surface area (Å²) in [5.41, 5.74) is 5.48. The molecule has 2 atom stereocenters. The summed E-state index contributed by atoms with van der Waals surface area (Å²) in [7, 11) is 0. The van der Waals surface area contributed by atoms with Crippen molar-refractivity contribution in [2.75, 3.05) is 6.61 Å². The number of hydrogen-bond acceptors (Lipinski definition) is 5. The first kappa shape index (κ1) is 20.7. The molecular weight excluding hydrogens is 454 g/mol. The maximum absolute atomic E-state index is 12.7. The predicted molar refractivity (Wildman–Crippen MR) is 139 cm³/mol. The van der Waals surface area contributed by atoms with Crippen LogP contribution in [0.5, 0.6) is 0 Å². The number of benzene rings is 3. The van der Waals surface area contributed by atoms with E-state index in [-0.39, 0.29) is 11.9 Å². The first-order valence-electron chi connectivity index (χ1n) is 11.9. The van der Waals surface area contributed by atoms with Crippen molar-refractivity contribution in [1.82, 2.24) is 4.98 Å². The van der Waals surface area contributed by atoms with Crippen LogP contribution in [0.3, 0.4) is 0 Å². The van der Waals surface area contributed by atoms with Crippen LogP contribution >= 0.6 is 11.3 Å². The second-order valence-electron chi connectivity index (χ2n) is 9.81. The Kier molecular flexibility index (Phi) is 4.52. The zero-order valence-corrected chi connectivity index (χ0v) is 19.9. The van der Waals surface area contributed by atoms with E-state index in [4.69, 9.17) is 14.1 Å². The van der Waals surface area contributed by atoms with E-state index in [0.29, 0.717) is 25.3 Å². The van der Waals surface area contributed by atoms with E-state index in [2.05, 4.69) is 61.2 Å². The van der Waals surface area contributed by atoms with Gasteiger partial charge in [0.2, 0.25) is 5.89 Å². The van der Waals surface area contributed by atoms with Crippen molar-refractivity contribution in [1.29, 1.82) is 0 Å². The number of nitrogens with zero attached hydrogens (tertiary/aromatic N) is 1. The molecule has 3 heterocycles. The first-order valence-corrected chi connectivity index (χ1v) is 12.7. The van der Waals surface area contributed by atoms with Crippen LogP contribution in [0.1, 0.15) is 18.4 Å². The van der Waals surface area contributed by atoms with Gasteiger partial charge in [-0.2, -0.15) is 0 Å². The SMILES string of the molecule is C=C1CC2COC(=O)C2(Cc2ccc3nc(-c4ccc5cc(-c6ccccc6)sc5c4)oc3c2)C1. The van der Waals surface area contributed by atoms with E-state index in [1.165, 1.54) is 20.5 Å². The van der Waals surface area contributed by atoms with E-state index >= 15 is 0 Å². The van der Waals surface area contributed by atoms with Crippen molar-refractivity contribution in [3.8, 4) is 21.9 Å². The maximum Gasteiger partial charge on any atom is 0.313 e. The minimum atomic E-state index is -0.478. The highest BCUT2D eigenvalue weighted by atomic mass is 32.1. The molecule has 5 heteroatoms. The molecule has 0 spiro atoms. The zero-order chi connectivity index (χ0) is 23.6. The lowest BCUT2D eigenvalue weighted by Crippen LogP contribution is -2.31. The summed E-state index contributed by atoms with van der Waals surface area (Å²) in [6, 6.07) is 25.1. The Morgan fingerprint density at radius 3 is 2.80 bits per heavy atom. The van der Waals surface area contributed by atoms with E-state index in [1.807, 2.05) is 18.2 Å². The third kappa shape index (κ3) is 3.34. The third-order valence-electron chi connectivity index (χ3n) is 7.50. The van der Waals surface area contributed by atoms with E-state index in [1.54, 1.807) is 11.3 Å². The molecule has 1 saturated heterocycles. The summed E-state index contributed by atoms with van der Waals surface area (Å²) in [6.45, 7) is 4.65. The lowest BCUT2D eigenvalue weighted by Gasteiger charge is -2.23. The molecule has 0 N–H and O–H groups in total. The van der Waals surface area contributed by atoms with Gasteiger partial charge in [0.1, 0.15) is 5.52 Å². The van der Waals surface area contributed by atoms with Gasteiger partial charge < -0.3 is 9.15 Å². The van der Waals surface area contributed by atoms with Gasteiger partial charge in [0.15, 0.2) is 5.58 Å². The first-order chi connectivity index (χ1) is 17.1. The lowest BCUT2D eigenvalue weighted by molar-refractivity contribution is -0.146. The van der Waals surface area contributed by atoms with Crippen LogP contribution in [0.15, 0.2) is 89.4 Å². The summed E-state index contributed by atoms with van der Waals surface area (Å²) >= 11 is 1.77. The minimum absolute atomic E-state index is 0.0846. The van der Waals surface area contributed by atoms with Gasteiger partial charge in [-0.1, -0.05) is 54.6 Å². The number of rotatable bonds is 4. The second-order valence-corrected chi connectivity index (χ2v) is 10.9. The molecule has 1 aliphatic heterocycles. The van der Waals surface area contributed by atoms with Crippen LogP contribution in [0.2, 0.25) is 0 Å². The van der Waals surface area contributed by atoms with Gasteiger partial charge in [-0.3, -0.25) is 4.79 Å². The number of carbonyl (C=O) groups is 1. The van der Waals surface area contributed by atoms with E-state index in [9.17, 15) is 4.79 Å². The van der Waals surface area contributed by atoms with Crippen LogP contribution in [0, 0.1) is 11.3 Å². The molecule has 0 amide bonds. The molecule has 2 aliphatic rings. The van der Waals surface area contributed by atoms with Crippen molar-refractivity contribution in [2.24, 2.45) is 11.3 Å². The number of thiophene rings is 1. The molecule has 7 rings (SSSR count). The summed E-state index contributed by atoms with van der Waals surface area (Å²) in [4.78, 5) is 18.7. The number of aromatic nitrogens is 1. The number of carbonyl (C=O) groups excluding carboxylic acids is 1. The Labute approximate surface area is 206 Å². The fraction of sp³-hybridized carbons (Fsp3) is 0.200. The fourth-order valence-corrected chi connectivity index (χ4v) is 6.85. The zero-order valence-electron chi connectivity index (χ0n) is 19.1. The molecule has 4 nitrogen and oxygen atoms in total. The lowest BCUT2D eigenvalue weighted by atomic mass is 9.75. The number of esters is 1. The number of oxazole rings is 1. The monoisotopic (exact) mass is 477 g/mol. The van der Waals surface area contributed by atoms with Crippen molar-refractivity contribution in [3.05, 3.63) is 90.5 Å². The molecule has 2 aromatic heterocycles. The smallest absolute Gasteiger partial charge is 0.313 e. The van der Waals surface area contributed by atoms with Gasteiger partial charge in [-0.15, -0.1) is 11.3 Å².